The van der Waals surface area contributed by atoms with E-state index in [1.165, 1.54) is 12.0 Å². The van der Waals surface area contributed by atoms with Crippen molar-refractivity contribution in [3.8, 4) is 0 Å². The molecule has 1 aromatic heterocycles. The molecule has 9 heteroatoms. The van der Waals surface area contributed by atoms with Crippen LogP contribution in [0.15, 0.2) is 21.5 Å². The Bertz CT molecular complexity index is 414. The first-order valence-corrected chi connectivity index (χ1v) is 8.46. The van der Waals surface area contributed by atoms with Gasteiger partial charge in [0.15, 0.2) is 14.8 Å². The van der Waals surface area contributed by atoms with Crippen molar-refractivity contribution >= 4 is 49.6 Å². The van der Waals surface area contributed by atoms with Crippen LogP contribution in [-0.4, -0.2) is 25.4 Å². The van der Waals surface area contributed by atoms with Crippen molar-refractivity contribution in [1.29, 1.82) is 0 Å². The van der Waals surface area contributed by atoms with Crippen molar-refractivity contribution in [2.45, 2.75) is 10.6 Å². The largest absolute Gasteiger partial charge is 0.311 e. The van der Waals surface area contributed by atoms with E-state index in [1.807, 2.05) is 12.7 Å². The summed E-state index contributed by atoms with van der Waals surface area (Å²) in [6.45, 7) is 2.56. The lowest BCUT2D eigenvalue weighted by Gasteiger charge is -2.08. The zero-order valence-corrected chi connectivity index (χ0v) is 13.5. The molecule has 0 saturated heterocycles. The first-order valence-electron chi connectivity index (χ1n) is 5.08. The minimum absolute atomic E-state index is 0.363. The summed E-state index contributed by atoms with van der Waals surface area (Å²) in [5, 5.41) is 10.2. The van der Waals surface area contributed by atoms with Crippen LogP contribution in [0.5, 0.6) is 0 Å². The number of azo groups is 1. The topological polar surface area (TPSA) is 56.8 Å². The third kappa shape index (κ3) is 6.72. The molecule has 5 nitrogen and oxygen atoms in total. The molecule has 0 radical (unpaired) electrons. The highest BCUT2D eigenvalue weighted by Crippen LogP contribution is 2.25. The van der Waals surface area contributed by atoms with E-state index in [1.54, 1.807) is 11.3 Å². The van der Waals surface area contributed by atoms with Gasteiger partial charge in [0.05, 0.1) is 11.3 Å². The summed E-state index contributed by atoms with van der Waals surface area (Å²) >= 11 is 10.9. The number of thiocarbonyl (C=S) groups is 1. The standard InChI is InChI=1S/C9H14N3O2PS3/c1-13-14-15(2)12-9(17)11-10-6-5-7-3-4-8(16)18-7/h3-4,16H,5-6H2,1-2H3,(H,12,17)/p+1. The summed E-state index contributed by atoms with van der Waals surface area (Å²) in [7, 11) is 0.517. The molecule has 1 aromatic rings. The molecule has 1 atom stereocenters. The van der Waals surface area contributed by atoms with E-state index in [9.17, 15) is 0 Å². The van der Waals surface area contributed by atoms with Crippen molar-refractivity contribution in [1.82, 2.24) is 5.09 Å². The van der Waals surface area contributed by atoms with E-state index >= 15 is 0 Å². The van der Waals surface area contributed by atoms with Gasteiger partial charge in [0.25, 0.3) is 5.11 Å². The third-order valence-corrected chi connectivity index (χ3v) is 4.37. The lowest BCUT2D eigenvalue weighted by atomic mass is 10.3. The molecule has 0 aliphatic heterocycles. The molecule has 18 heavy (non-hydrogen) atoms. The van der Waals surface area contributed by atoms with Gasteiger partial charge in [0, 0.05) is 23.1 Å². The fraction of sp³-hybridized carbons (Fsp3) is 0.444. The molecule has 1 heterocycles. The number of hydrogen-bond donors (Lipinski definition) is 3. The Morgan fingerprint density at radius 1 is 1.67 bits per heavy atom. The van der Waals surface area contributed by atoms with Crippen LogP contribution in [0, 0.1) is 0 Å². The molecule has 1 rings (SSSR count). The molecular formula is C9H15N3O2PS3+. The number of hydrogen-bond acceptors (Lipinski definition) is 5. The maximum absolute atomic E-state index is 5.01. The maximum Gasteiger partial charge on any atom is 0.263 e. The fourth-order valence-electron chi connectivity index (χ4n) is 1.10. The average molecular weight is 324 g/mol. The third-order valence-electron chi connectivity index (χ3n) is 1.75. The molecule has 0 bridgehead atoms. The number of thiophene rings is 1. The van der Waals surface area contributed by atoms with Gasteiger partial charge in [0.1, 0.15) is 0 Å². The molecule has 0 amide bonds. The number of rotatable bonds is 6. The predicted octanol–water partition coefficient (Wildman–Crippen LogP) is 1.51. The van der Waals surface area contributed by atoms with E-state index < -0.39 is 8.30 Å². The van der Waals surface area contributed by atoms with E-state index in [0.717, 1.165) is 17.2 Å². The van der Waals surface area contributed by atoms with Gasteiger partial charge in [-0.3, -0.25) is 0 Å². The van der Waals surface area contributed by atoms with Gasteiger partial charge < -0.3 is 5.09 Å². The van der Waals surface area contributed by atoms with E-state index in [-0.39, 0.29) is 0 Å². The Balaban J connectivity index is 2.22. The monoisotopic (exact) mass is 324 g/mol. The average Bonchev–Trinajstić information content (AvgIpc) is 2.71. The number of nitrogens with one attached hydrogen (secondary N) is 2. The van der Waals surface area contributed by atoms with E-state index in [4.69, 9.17) is 16.9 Å². The Morgan fingerprint density at radius 2 is 2.44 bits per heavy atom. The summed E-state index contributed by atoms with van der Waals surface area (Å²) in [4.78, 5) is 5.79. The molecule has 1 unspecified atom stereocenters. The highest BCUT2D eigenvalue weighted by Gasteiger charge is 2.06. The molecular weight excluding hydrogens is 309 g/mol. The minimum Gasteiger partial charge on any atom is -0.311 e. The van der Waals surface area contributed by atoms with Crippen LogP contribution in [0.2, 0.25) is 0 Å². The molecule has 0 aliphatic rings. The molecule has 0 aliphatic carbocycles. The Kier molecular flexibility index (Phi) is 7.88. The van der Waals surface area contributed by atoms with Gasteiger partial charge in [-0.15, -0.1) is 29.1 Å². The molecule has 2 N–H and O–H groups in total. The van der Waals surface area contributed by atoms with Crippen molar-refractivity contribution in [3.05, 3.63) is 17.0 Å². The molecule has 0 saturated carbocycles. The van der Waals surface area contributed by atoms with Crippen molar-refractivity contribution < 1.29 is 14.7 Å². The zero-order valence-electron chi connectivity index (χ0n) is 10.0. The maximum atomic E-state index is 5.01. The van der Waals surface area contributed by atoms with Crippen LogP contribution < -0.4 is 10.2 Å². The first-order chi connectivity index (χ1) is 8.61. The smallest absolute Gasteiger partial charge is 0.263 e. The van der Waals surface area contributed by atoms with E-state index in [2.05, 4.69) is 38.9 Å². The zero-order chi connectivity index (χ0) is 13.4. The molecule has 0 aromatic carbocycles. The van der Waals surface area contributed by atoms with Crippen molar-refractivity contribution in [3.63, 3.8) is 0 Å². The second kappa shape index (κ2) is 8.90. The summed E-state index contributed by atoms with van der Waals surface area (Å²) in [5.41, 5.74) is 0. The van der Waals surface area contributed by atoms with Crippen molar-refractivity contribution in [2.24, 2.45) is 5.11 Å². The van der Waals surface area contributed by atoms with Gasteiger partial charge in [-0.2, -0.15) is 4.67 Å². The number of thiol groups is 1. The molecule has 100 valence electrons. The van der Waals surface area contributed by atoms with Crippen LogP contribution in [0.3, 0.4) is 0 Å². The van der Waals surface area contributed by atoms with Gasteiger partial charge in [0.2, 0.25) is 0 Å². The number of nitrogens with zero attached hydrogens (tertiary/aromatic N) is 1. The molecule has 0 fully saturated rings. The van der Waals surface area contributed by atoms with E-state index in [0.29, 0.717) is 5.11 Å². The molecule has 0 spiro atoms. The SMILES string of the molecule is COOP(C)NC(=S)N=[NH+]CCc1ccc(S)s1. The highest BCUT2D eigenvalue weighted by molar-refractivity contribution is 7.82. The summed E-state index contributed by atoms with van der Waals surface area (Å²) in [6, 6.07) is 4.04. The summed E-state index contributed by atoms with van der Waals surface area (Å²) in [5.74, 6) is 0. The van der Waals surface area contributed by atoms with Gasteiger partial charge in [-0.05, 0) is 24.4 Å². The van der Waals surface area contributed by atoms with Crippen LogP contribution >= 0.6 is 44.5 Å². The second-order valence-electron chi connectivity index (χ2n) is 3.17. The van der Waals surface area contributed by atoms with Crippen LogP contribution in [0.25, 0.3) is 0 Å². The van der Waals surface area contributed by atoms with Gasteiger partial charge in [-0.25, -0.2) is 4.89 Å². The van der Waals surface area contributed by atoms with Gasteiger partial charge in [-0.1, -0.05) is 0 Å². The van der Waals surface area contributed by atoms with Crippen LogP contribution in [-0.2, 0) is 16.0 Å². The normalized spacial score (nSPS) is 12.8. The van der Waals surface area contributed by atoms with Crippen LogP contribution in [0.4, 0.5) is 0 Å². The summed E-state index contributed by atoms with van der Waals surface area (Å²) < 4.78 is 5.88. The Labute approximate surface area is 122 Å². The predicted molar refractivity (Wildman–Crippen MR) is 80.2 cm³/mol. The van der Waals surface area contributed by atoms with Gasteiger partial charge >= 0.3 is 0 Å². The quantitative estimate of drug-likeness (QED) is 0.185. The Morgan fingerprint density at radius 3 is 3.06 bits per heavy atom. The lowest BCUT2D eigenvalue weighted by molar-refractivity contribution is -0.524. The minimum atomic E-state index is -0.937. The van der Waals surface area contributed by atoms with Crippen LogP contribution in [0.1, 0.15) is 4.88 Å². The lowest BCUT2D eigenvalue weighted by Crippen LogP contribution is -2.67. The fourth-order valence-corrected chi connectivity index (χ4v) is 3.30. The second-order valence-corrected chi connectivity index (χ2v) is 6.87. The highest BCUT2D eigenvalue weighted by atomic mass is 32.2. The van der Waals surface area contributed by atoms with Crippen molar-refractivity contribution in [2.75, 3.05) is 20.3 Å². The Hall–Kier alpha value is -0.110. The first kappa shape index (κ1) is 15.9. The summed E-state index contributed by atoms with van der Waals surface area (Å²) in [6.07, 6.45) is 0.896.